The zero-order valence-corrected chi connectivity index (χ0v) is 41.7. The van der Waals surface area contributed by atoms with Crippen LogP contribution in [-0.2, 0) is 0 Å². The van der Waals surface area contributed by atoms with Crippen LogP contribution in [0.5, 0.6) is 0 Å². The van der Waals surface area contributed by atoms with E-state index < -0.39 is 0 Å². The van der Waals surface area contributed by atoms with Gasteiger partial charge in [-0.05, 0) is 36.4 Å². The molecule has 0 N–H and O–H groups in total. The molecular formula is C68H34N4O2S2. The second-order valence-electron chi connectivity index (χ2n) is 19.5. The summed E-state index contributed by atoms with van der Waals surface area (Å²) in [4.78, 5) is 4.58. The number of aromatic nitrogens is 2. The maximum atomic E-state index is 12.2. The van der Waals surface area contributed by atoms with Gasteiger partial charge < -0.3 is 18.0 Å². The van der Waals surface area contributed by atoms with Crippen molar-refractivity contribution in [2.24, 2.45) is 0 Å². The highest BCUT2D eigenvalue weighted by Crippen LogP contribution is 2.56. The fourth-order valence-electron chi connectivity index (χ4n) is 12.7. The molecule has 17 aromatic rings. The van der Waals surface area contributed by atoms with Crippen LogP contribution >= 0.6 is 22.7 Å². The summed E-state index contributed by atoms with van der Waals surface area (Å²) in [6, 6.07) is 75.0. The van der Waals surface area contributed by atoms with Crippen molar-refractivity contribution in [2.75, 3.05) is 0 Å². The molecule has 0 fully saturated rings. The van der Waals surface area contributed by atoms with Crippen molar-refractivity contribution in [1.29, 1.82) is 5.26 Å². The van der Waals surface area contributed by atoms with Gasteiger partial charge in [0.1, 0.15) is 22.3 Å². The van der Waals surface area contributed by atoms with Gasteiger partial charge in [0, 0.05) is 96.3 Å². The van der Waals surface area contributed by atoms with Crippen LogP contribution in [0.25, 0.3) is 166 Å². The van der Waals surface area contributed by atoms with E-state index in [-0.39, 0.29) is 11.3 Å². The third kappa shape index (κ3) is 5.35. The highest BCUT2D eigenvalue weighted by Gasteiger charge is 2.35. The van der Waals surface area contributed by atoms with Crippen LogP contribution in [0, 0.1) is 17.9 Å². The fourth-order valence-corrected chi connectivity index (χ4v) is 15.2. The molecule has 0 amide bonds. The smallest absolute Gasteiger partial charge is 0.215 e. The molecule has 0 saturated heterocycles. The molecule has 0 bridgehead atoms. The molecule has 17 rings (SSSR count). The molecule has 8 heteroatoms. The number of benzene rings is 11. The Morgan fingerprint density at radius 2 is 0.803 bits per heavy atom. The molecule has 0 radical (unpaired) electrons. The van der Waals surface area contributed by atoms with Crippen molar-refractivity contribution in [1.82, 2.24) is 9.13 Å². The van der Waals surface area contributed by atoms with E-state index in [2.05, 4.69) is 190 Å². The third-order valence-corrected chi connectivity index (χ3v) is 18.2. The second-order valence-corrected chi connectivity index (χ2v) is 21.6. The van der Waals surface area contributed by atoms with Crippen LogP contribution in [0.2, 0.25) is 0 Å². The Morgan fingerprint density at radius 3 is 1.30 bits per heavy atom. The largest absolute Gasteiger partial charge is 0.455 e. The molecule has 0 aliphatic heterocycles. The topological polar surface area (TPSA) is 64.3 Å². The lowest BCUT2D eigenvalue weighted by Gasteiger charge is -2.26. The monoisotopic (exact) mass is 1000 g/mol. The summed E-state index contributed by atoms with van der Waals surface area (Å²) in [5, 5.41) is 25.0. The van der Waals surface area contributed by atoms with Gasteiger partial charge in [0.25, 0.3) is 0 Å². The van der Waals surface area contributed by atoms with Crippen molar-refractivity contribution < 1.29 is 8.83 Å². The first-order valence-corrected chi connectivity index (χ1v) is 26.8. The van der Waals surface area contributed by atoms with E-state index >= 15 is 0 Å². The molecule has 11 aromatic carbocycles. The van der Waals surface area contributed by atoms with Crippen molar-refractivity contribution >= 4 is 156 Å². The average molecular weight is 1000 g/mol. The van der Waals surface area contributed by atoms with Gasteiger partial charge in [0.2, 0.25) is 5.69 Å². The van der Waals surface area contributed by atoms with Crippen molar-refractivity contribution in [3.05, 3.63) is 223 Å². The number of nitrogens with zero attached hydrogens (tertiary/aromatic N) is 4. The Kier molecular flexibility index (Phi) is 8.36. The normalized spacial score (nSPS) is 12.2. The molecule has 6 nitrogen and oxygen atoms in total. The molecule has 0 aliphatic rings. The SMILES string of the molecule is [C-]#[N+]c1c(C#N)c(-c2cccc3c2oc2ccccc23)c(-n2c3ccccc3c3ccc4c5ccccc5sc4c32)c(-n2c3ccccc3c3ccc4c5ccccc5sc4c32)c1-c1cccc2c1oc1ccccc12. The van der Waals surface area contributed by atoms with Gasteiger partial charge in [-0.1, -0.05) is 170 Å². The minimum atomic E-state index is 0.222. The van der Waals surface area contributed by atoms with Crippen molar-refractivity contribution in [3.63, 3.8) is 0 Å². The van der Waals surface area contributed by atoms with E-state index in [1.807, 2.05) is 36.4 Å². The van der Waals surface area contributed by atoms with Crippen LogP contribution in [0.1, 0.15) is 5.56 Å². The Hall–Kier alpha value is -9.96. The summed E-state index contributed by atoms with van der Waals surface area (Å²) in [5.41, 5.74) is 11.3. The number of fused-ring (bicyclic) bond motifs is 20. The Balaban J connectivity index is 1.21. The molecule has 350 valence electrons. The summed E-state index contributed by atoms with van der Waals surface area (Å²) in [7, 11) is 0. The molecule has 6 aromatic heterocycles. The number of rotatable bonds is 4. The molecule has 6 heterocycles. The average Bonchev–Trinajstić information content (AvgIpc) is 4.45. The first kappa shape index (κ1) is 41.5. The molecule has 0 aliphatic carbocycles. The third-order valence-electron chi connectivity index (χ3n) is 15.8. The van der Waals surface area contributed by atoms with Gasteiger partial charge in [0.05, 0.1) is 61.0 Å². The first-order chi connectivity index (χ1) is 37.7. The minimum absolute atomic E-state index is 0.222. The minimum Gasteiger partial charge on any atom is -0.455 e. The number of thiophene rings is 2. The summed E-state index contributed by atoms with van der Waals surface area (Å²) < 4.78 is 23.5. The Bertz CT molecular complexity index is 5190. The van der Waals surface area contributed by atoms with E-state index in [4.69, 9.17) is 8.83 Å². The highest BCUT2D eigenvalue weighted by molar-refractivity contribution is 7.27. The number of nitriles is 1. The molecule has 0 spiro atoms. The Labute approximate surface area is 439 Å². The lowest BCUT2D eigenvalue weighted by Crippen LogP contribution is -2.10. The molecule has 0 atom stereocenters. The van der Waals surface area contributed by atoms with Crippen molar-refractivity contribution in [3.8, 4) is 39.7 Å². The van der Waals surface area contributed by atoms with Gasteiger partial charge >= 0.3 is 0 Å². The van der Waals surface area contributed by atoms with E-state index in [0.29, 0.717) is 33.4 Å². The Morgan fingerprint density at radius 1 is 0.395 bits per heavy atom. The van der Waals surface area contributed by atoms with Gasteiger partial charge in [-0.2, -0.15) is 5.26 Å². The molecule has 0 saturated carbocycles. The number of furan rings is 2. The number of hydrogen-bond donors (Lipinski definition) is 0. The lowest BCUT2D eigenvalue weighted by molar-refractivity contribution is 0.669. The van der Waals surface area contributed by atoms with E-state index in [1.165, 1.54) is 20.2 Å². The van der Waals surface area contributed by atoms with Gasteiger partial charge in [-0.15, -0.1) is 22.7 Å². The van der Waals surface area contributed by atoms with Crippen LogP contribution in [0.15, 0.2) is 215 Å². The molecule has 76 heavy (non-hydrogen) atoms. The predicted molar refractivity (Wildman–Crippen MR) is 317 cm³/mol. The van der Waals surface area contributed by atoms with Crippen LogP contribution in [0.4, 0.5) is 5.69 Å². The van der Waals surface area contributed by atoms with E-state index in [0.717, 1.165) is 108 Å². The lowest BCUT2D eigenvalue weighted by atomic mass is 9.87. The maximum Gasteiger partial charge on any atom is 0.215 e. The van der Waals surface area contributed by atoms with Crippen molar-refractivity contribution in [2.45, 2.75) is 0 Å². The van der Waals surface area contributed by atoms with Crippen LogP contribution < -0.4 is 0 Å². The molecular weight excluding hydrogens is 969 g/mol. The van der Waals surface area contributed by atoms with E-state index in [9.17, 15) is 11.8 Å². The maximum absolute atomic E-state index is 12.2. The second kappa shape index (κ2) is 15.3. The fraction of sp³-hybridized carbons (Fsp3) is 0. The van der Waals surface area contributed by atoms with Gasteiger partial charge in [-0.3, -0.25) is 0 Å². The quantitative estimate of drug-likeness (QED) is 0.165. The zero-order chi connectivity index (χ0) is 49.9. The first-order valence-electron chi connectivity index (χ1n) is 25.2. The predicted octanol–water partition coefficient (Wildman–Crippen LogP) is 20.2. The van der Waals surface area contributed by atoms with Crippen LogP contribution in [0.3, 0.4) is 0 Å². The summed E-state index contributed by atoms with van der Waals surface area (Å²) in [6.07, 6.45) is 0. The number of hydrogen-bond acceptors (Lipinski definition) is 5. The zero-order valence-electron chi connectivity index (χ0n) is 40.1. The summed E-state index contributed by atoms with van der Waals surface area (Å²) >= 11 is 3.57. The summed E-state index contributed by atoms with van der Waals surface area (Å²) in [5.74, 6) is 0. The highest BCUT2D eigenvalue weighted by atomic mass is 32.1. The summed E-state index contributed by atoms with van der Waals surface area (Å²) in [6.45, 7) is 9.54. The standard InChI is InChI=1S/C68H34N4O2S2/c1-70-60-51(36-69)58(49-24-14-22-45-39-18-4-10-28-54(39)73-65(45)49)63(71-52-26-8-2-16-37(52)43-32-34-47-41-20-6-12-30-56(41)75-67(47)61(43)71)64(59(60)50-25-15-23-46-40-19-5-11-29-55(40)74-66(46)50)72-53-27-9-3-17-38(53)44-33-35-48-42-21-7-13-31-57(42)76-68(48)62(44)72/h2-35H. The van der Waals surface area contributed by atoms with Gasteiger partial charge in [0.15, 0.2) is 0 Å². The van der Waals surface area contributed by atoms with Gasteiger partial charge in [-0.25, -0.2) is 4.85 Å². The van der Waals surface area contributed by atoms with Crippen LogP contribution in [-0.4, -0.2) is 9.13 Å². The van der Waals surface area contributed by atoms with E-state index in [1.54, 1.807) is 22.7 Å². The molecule has 0 unspecified atom stereocenters. The number of para-hydroxylation sites is 6.